The maximum absolute atomic E-state index is 13.7. The van der Waals surface area contributed by atoms with E-state index in [4.69, 9.17) is 16.3 Å². The van der Waals surface area contributed by atoms with Gasteiger partial charge in [-0.05, 0) is 18.9 Å². The number of amides is 1. The van der Waals surface area contributed by atoms with Crippen molar-refractivity contribution in [3.63, 3.8) is 0 Å². The van der Waals surface area contributed by atoms with Gasteiger partial charge in [0.2, 0.25) is 5.91 Å². The quantitative estimate of drug-likeness (QED) is 0.796. The summed E-state index contributed by atoms with van der Waals surface area (Å²) in [5.41, 5.74) is 0.521. The van der Waals surface area contributed by atoms with Crippen LogP contribution >= 0.6 is 11.6 Å². The molecule has 1 aromatic carbocycles. The van der Waals surface area contributed by atoms with Crippen LogP contribution in [0.15, 0.2) is 24.3 Å². The van der Waals surface area contributed by atoms with E-state index >= 15 is 0 Å². The lowest BCUT2D eigenvalue weighted by Gasteiger charge is -2.34. The van der Waals surface area contributed by atoms with E-state index in [1.54, 1.807) is 23.1 Å². The zero-order valence-electron chi connectivity index (χ0n) is 10.6. The van der Waals surface area contributed by atoms with Crippen molar-refractivity contribution in [3.05, 3.63) is 35.6 Å². The number of benzene rings is 1. The second-order valence-corrected chi connectivity index (χ2v) is 4.86. The molecule has 0 radical (unpaired) electrons. The Kier molecular flexibility index (Phi) is 5.16. The Balaban J connectivity index is 2.13. The third-order valence-electron chi connectivity index (χ3n) is 3.36. The molecule has 0 aliphatic carbocycles. The molecule has 5 heteroatoms. The van der Waals surface area contributed by atoms with Crippen molar-refractivity contribution in [3.8, 4) is 0 Å². The number of alkyl halides is 1. The predicted molar refractivity (Wildman–Crippen MR) is 71.5 cm³/mol. The second kappa shape index (κ2) is 6.87. The number of rotatable bonds is 4. The van der Waals surface area contributed by atoms with E-state index in [0.717, 1.165) is 12.8 Å². The second-order valence-electron chi connectivity index (χ2n) is 4.59. The molecule has 1 aromatic rings. The number of hydrogen-bond donors (Lipinski definition) is 0. The summed E-state index contributed by atoms with van der Waals surface area (Å²) in [5, 5.41) is 0. The van der Waals surface area contributed by atoms with Crippen molar-refractivity contribution in [1.82, 2.24) is 4.90 Å². The molecule has 0 atom stereocenters. The summed E-state index contributed by atoms with van der Waals surface area (Å²) in [5.74, 6) is -0.523. The van der Waals surface area contributed by atoms with Crippen LogP contribution in [0.5, 0.6) is 0 Å². The third kappa shape index (κ3) is 3.67. The lowest BCUT2D eigenvalue weighted by molar-refractivity contribution is -0.133. The van der Waals surface area contributed by atoms with Crippen LogP contribution in [0, 0.1) is 5.82 Å². The normalized spacial score (nSPS) is 16.3. The van der Waals surface area contributed by atoms with Gasteiger partial charge in [-0.15, -0.1) is 11.6 Å². The van der Waals surface area contributed by atoms with Crippen LogP contribution in [0.4, 0.5) is 4.39 Å². The first-order valence-corrected chi connectivity index (χ1v) is 6.92. The van der Waals surface area contributed by atoms with Crippen LogP contribution in [-0.2, 0) is 16.1 Å². The molecule has 3 nitrogen and oxygen atoms in total. The molecule has 1 saturated heterocycles. The Morgan fingerprint density at radius 3 is 2.68 bits per heavy atom. The minimum Gasteiger partial charge on any atom is -0.381 e. The fourth-order valence-electron chi connectivity index (χ4n) is 2.30. The Bertz CT molecular complexity index is 435. The van der Waals surface area contributed by atoms with Crippen molar-refractivity contribution in [2.75, 3.05) is 19.1 Å². The van der Waals surface area contributed by atoms with Crippen molar-refractivity contribution in [2.45, 2.75) is 25.4 Å². The smallest absolute Gasteiger partial charge is 0.238 e. The van der Waals surface area contributed by atoms with Gasteiger partial charge in [0, 0.05) is 31.4 Å². The molecule has 1 aliphatic heterocycles. The molecule has 19 heavy (non-hydrogen) atoms. The van der Waals surface area contributed by atoms with Crippen LogP contribution in [-0.4, -0.2) is 35.9 Å². The first-order chi connectivity index (χ1) is 9.22. The van der Waals surface area contributed by atoms with Gasteiger partial charge in [0.05, 0.1) is 0 Å². The Labute approximate surface area is 117 Å². The Hall–Kier alpha value is -1.13. The molecule has 1 amide bonds. The number of carbonyl (C=O) groups excluding carboxylic acids is 1. The van der Waals surface area contributed by atoms with Gasteiger partial charge in [-0.2, -0.15) is 0 Å². The van der Waals surface area contributed by atoms with E-state index in [0.29, 0.717) is 18.8 Å². The van der Waals surface area contributed by atoms with E-state index < -0.39 is 0 Å². The van der Waals surface area contributed by atoms with Crippen molar-refractivity contribution >= 4 is 17.5 Å². The molecule has 0 N–H and O–H groups in total. The zero-order valence-corrected chi connectivity index (χ0v) is 11.4. The summed E-state index contributed by atoms with van der Waals surface area (Å²) in [7, 11) is 0. The zero-order chi connectivity index (χ0) is 13.7. The summed E-state index contributed by atoms with van der Waals surface area (Å²) >= 11 is 5.66. The summed E-state index contributed by atoms with van der Waals surface area (Å²) < 4.78 is 19.0. The minimum absolute atomic E-state index is 0.0776. The summed E-state index contributed by atoms with van der Waals surface area (Å²) in [4.78, 5) is 13.6. The largest absolute Gasteiger partial charge is 0.381 e. The number of halogens is 2. The first kappa shape index (κ1) is 14.3. The monoisotopic (exact) mass is 285 g/mol. The van der Waals surface area contributed by atoms with Crippen molar-refractivity contribution in [2.24, 2.45) is 0 Å². The molecule has 0 spiro atoms. The molecule has 1 heterocycles. The van der Waals surface area contributed by atoms with Gasteiger partial charge in [0.15, 0.2) is 0 Å². The third-order valence-corrected chi connectivity index (χ3v) is 3.59. The van der Waals surface area contributed by atoms with Crippen LogP contribution in [0.25, 0.3) is 0 Å². The van der Waals surface area contributed by atoms with E-state index in [-0.39, 0.29) is 30.2 Å². The van der Waals surface area contributed by atoms with Crippen LogP contribution in [0.1, 0.15) is 18.4 Å². The number of ether oxygens (including phenoxy) is 1. The highest BCUT2D eigenvalue weighted by molar-refractivity contribution is 6.27. The van der Waals surface area contributed by atoms with Gasteiger partial charge in [0.25, 0.3) is 0 Å². The van der Waals surface area contributed by atoms with E-state index in [2.05, 4.69) is 0 Å². The first-order valence-electron chi connectivity index (χ1n) is 6.39. The lowest BCUT2D eigenvalue weighted by Crippen LogP contribution is -2.43. The van der Waals surface area contributed by atoms with Gasteiger partial charge < -0.3 is 9.64 Å². The molecule has 104 valence electrons. The van der Waals surface area contributed by atoms with Crippen molar-refractivity contribution < 1.29 is 13.9 Å². The van der Waals surface area contributed by atoms with E-state index in [1.807, 2.05) is 0 Å². The molecule has 0 saturated carbocycles. The average molecular weight is 286 g/mol. The highest BCUT2D eigenvalue weighted by atomic mass is 35.5. The molecule has 1 aliphatic rings. The highest BCUT2D eigenvalue weighted by Gasteiger charge is 2.25. The maximum Gasteiger partial charge on any atom is 0.238 e. The molecule has 0 unspecified atom stereocenters. The average Bonchev–Trinajstić information content (AvgIpc) is 2.46. The maximum atomic E-state index is 13.7. The summed E-state index contributed by atoms with van der Waals surface area (Å²) in [6, 6.07) is 6.60. The summed E-state index contributed by atoms with van der Waals surface area (Å²) in [6.07, 6.45) is 1.55. The van der Waals surface area contributed by atoms with E-state index in [9.17, 15) is 9.18 Å². The van der Waals surface area contributed by atoms with E-state index in [1.165, 1.54) is 6.07 Å². The Morgan fingerprint density at radius 1 is 1.37 bits per heavy atom. The number of hydrogen-bond acceptors (Lipinski definition) is 2. The number of nitrogens with zero attached hydrogens (tertiary/aromatic N) is 1. The molecular weight excluding hydrogens is 269 g/mol. The molecule has 2 rings (SSSR count). The van der Waals surface area contributed by atoms with Crippen LogP contribution < -0.4 is 0 Å². The minimum atomic E-state index is -0.290. The predicted octanol–water partition coefficient (Wildman–Crippen LogP) is 2.57. The SMILES string of the molecule is O=C(CCl)N(Cc1ccccc1F)C1CCOCC1. The summed E-state index contributed by atoms with van der Waals surface area (Å²) in [6.45, 7) is 1.53. The fraction of sp³-hybridized carbons (Fsp3) is 0.500. The fourth-order valence-corrected chi connectivity index (χ4v) is 2.46. The molecule has 1 fully saturated rings. The van der Waals surface area contributed by atoms with Crippen molar-refractivity contribution in [1.29, 1.82) is 0 Å². The molecular formula is C14H17ClFNO2. The molecule has 0 aromatic heterocycles. The Morgan fingerprint density at radius 2 is 2.05 bits per heavy atom. The number of carbonyl (C=O) groups is 1. The van der Waals surface area contributed by atoms with Gasteiger partial charge >= 0.3 is 0 Å². The van der Waals surface area contributed by atoms with Crippen LogP contribution in [0.2, 0.25) is 0 Å². The van der Waals surface area contributed by atoms with Gasteiger partial charge in [-0.25, -0.2) is 4.39 Å². The standard InChI is InChI=1S/C14H17ClFNO2/c15-9-14(18)17(12-5-7-19-8-6-12)10-11-3-1-2-4-13(11)16/h1-4,12H,5-10H2. The van der Waals surface area contributed by atoms with Gasteiger partial charge in [0.1, 0.15) is 11.7 Å². The highest BCUT2D eigenvalue weighted by Crippen LogP contribution is 2.19. The van der Waals surface area contributed by atoms with Crippen LogP contribution in [0.3, 0.4) is 0 Å². The molecule has 0 bridgehead atoms. The topological polar surface area (TPSA) is 29.5 Å². The lowest BCUT2D eigenvalue weighted by atomic mass is 10.1. The van der Waals surface area contributed by atoms with Gasteiger partial charge in [-0.3, -0.25) is 4.79 Å². The van der Waals surface area contributed by atoms with Gasteiger partial charge in [-0.1, -0.05) is 18.2 Å².